The third-order valence-electron chi connectivity index (χ3n) is 2.52. The van der Waals surface area contributed by atoms with Crippen LogP contribution in [0.2, 0.25) is 0 Å². The second-order valence-corrected chi connectivity index (χ2v) is 5.36. The van der Waals surface area contributed by atoms with Crippen molar-refractivity contribution in [2.45, 2.75) is 32.7 Å². The largest absolute Gasteiger partial charge is 0.291 e. The van der Waals surface area contributed by atoms with E-state index in [9.17, 15) is 4.79 Å². The number of thioether (sulfide) groups is 1. The third kappa shape index (κ3) is 1.95. The summed E-state index contributed by atoms with van der Waals surface area (Å²) in [7, 11) is 0. The number of carbonyl (C=O) groups excluding carboxylic acids is 1. The van der Waals surface area contributed by atoms with Gasteiger partial charge in [0.25, 0.3) is 0 Å². The van der Waals surface area contributed by atoms with E-state index in [-0.39, 0.29) is 11.9 Å². The standard InChI is InChI=1S/C10H16N2OS/c1-7(2)5-8-6-9(13)12-3-4-14-10(12)11-8/h7-8H,3-6H2,1-2H3. The highest BCUT2D eigenvalue weighted by atomic mass is 32.2. The zero-order chi connectivity index (χ0) is 10.1. The molecule has 1 amide bonds. The molecule has 2 aliphatic rings. The van der Waals surface area contributed by atoms with Crippen LogP contribution in [0.5, 0.6) is 0 Å². The second-order valence-electron chi connectivity index (χ2n) is 4.29. The Kier molecular flexibility index (Phi) is 2.81. The average molecular weight is 212 g/mol. The molecule has 1 saturated heterocycles. The highest BCUT2D eigenvalue weighted by Gasteiger charge is 2.32. The fourth-order valence-corrected chi connectivity index (χ4v) is 2.96. The summed E-state index contributed by atoms with van der Waals surface area (Å²) in [5, 5.41) is 0.965. The van der Waals surface area contributed by atoms with Gasteiger partial charge in [0.15, 0.2) is 5.17 Å². The highest BCUT2D eigenvalue weighted by molar-refractivity contribution is 8.14. The maximum atomic E-state index is 11.7. The van der Waals surface area contributed by atoms with Crippen molar-refractivity contribution in [2.75, 3.05) is 12.3 Å². The maximum absolute atomic E-state index is 11.7. The maximum Gasteiger partial charge on any atom is 0.230 e. The number of hydrogen-bond acceptors (Lipinski definition) is 3. The lowest BCUT2D eigenvalue weighted by Gasteiger charge is -2.26. The van der Waals surface area contributed by atoms with Crippen molar-refractivity contribution in [3.63, 3.8) is 0 Å². The summed E-state index contributed by atoms with van der Waals surface area (Å²) in [5.41, 5.74) is 0. The van der Waals surface area contributed by atoms with E-state index in [0.29, 0.717) is 12.3 Å². The summed E-state index contributed by atoms with van der Waals surface area (Å²) < 4.78 is 0. The summed E-state index contributed by atoms with van der Waals surface area (Å²) in [6.45, 7) is 5.22. The molecular formula is C10H16N2OS. The van der Waals surface area contributed by atoms with Crippen LogP contribution >= 0.6 is 11.8 Å². The van der Waals surface area contributed by atoms with Crippen molar-refractivity contribution < 1.29 is 4.79 Å². The first-order chi connectivity index (χ1) is 6.66. The fraction of sp³-hybridized carbons (Fsp3) is 0.800. The summed E-state index contributed by atoms with van der Waals surface area (Å²) in [4.78, 5) is 18.2. The van der Waals surface area contributed by atoms with Crippen LogP contribution in [0.25, 0.3) is 0 Å². The summed E-state index contributed by atoms with van der Waals surface area (Å²) >= 11 is 1.72. The van der Waals surface area contributed by atoms with Gasteiger partial charge < -0.3 is 0 Å². The number of amides is 1. The molecule has 1 atom stereocenters. The van der Waals surface area contributed by atoms with Gasteiger partial charge in [-0.3, -0.25) is 14.7 Å². The van der Waals surface area contributed by atoms with Crippen LogP contribution in [0.3, 0.4) is 0 Å². The zero-order valence-corrected chi connectivity index (χ0v) is 9.51. The normalized spacial score (nSPS) is 26.8. The molecule has 0 N–H and O–H groups in total. The summed E-state index contributed by atoms with van der Waals surface area (Å²) in [6, 6.07) is 0.236. The summed E-state index contributed by atoms with van der Waals surface area (Å²) in [5.74, 6) is 1.90. The van der Waals surface area contributed by atoms with Crippen LogP contribution in [0, 0.1) is 5.92 Å². The van der Waals surface area contributed by atoms with Crippen LogP contribution in [-0.2, 0) is 4.79 Å². The third-order valence-corrected chi connectivity index (χ3v) is 3.50. The molecule has 0 radical (unpaired) electrons. The Bertz CT molecular complexity index is 275. The Hall–Kier alpha value is -0.510. The Labute approximate surface area is 89.0 Å². The van der Waals surface area contributed by atoms with Crippen LogP contribution < -0.4 is 0 Å². The lowest BCUT2D eigenvalue weighted by Crippen LogP contribution is -2.38. The molecule has 0 aromatic carbocycles. The van der Waals surface area contributed by atoms with E-state index in [0.717, 1.165) is 23.9 Å². The average Bonchev–Trinajstić information content (AvgIpc) is 2.50. The monoisotopic (exact) mass is 212 g/mol. The fourth-order valence-electron chi connectivity index (χ4n) is 1.93. The Morgan fingerprint density at radius 1 is 1.64 bits per heavy atom. The van der Waals surface area contributed by atoms with Gasteiger partial charge in [-0.1, -0.05) is 25.6 Å². The minimum Gasteiger partial charge on any atom is -0.291 e. The van der Waals surface area contributed by atoms with Crippen LogP contribution in [-0.4, -0.2) is 34.3 Å². The van der Waals surface area contributed by atoms with Crippen molar-refractivity contribution in [1.82, 2.24) is 4.90 Å². The quantitative estimate of drug-likeness (QED) is 0.698. The predicted octanol–water partition coefficient (Wildman–Crippen LogP) is 1.74. The van der Waals surface area contributed by atoms with Crippen LogP contribution in [0.15, 0.2) is 4.99 Å². The van der Waals surface area contributed by atoms with Crippen molar-refractivity contribution in [3.05, 3.63) is 0 Å². The molecule has 0 aromatic rings. The van der Waals surface area contributed by atoms with Gasteiger partial charge in [0.1, 0.15) is 0 Å². The van der Waals surface area contributed by atoms with Crippen molar-refractivity contribution >= 4 is 22.8 Å². The molecule has 0 spiro atoms. The van der Waals surface area contributed by atoms with Gasteiger partial charge >= 0.3 is 0 Å². The lowest BCUT2D eigenvalue weighted by atomic mass is 10.0. The molecule has 0 aliphatic carbocycles. The molecule has 2 heterocycles. The number of hydrogen-bond donors (Lipinski definition) is 0. The van der Waals surface area contributed by atoms with Crippen molar-refractivity contribution in [1.29, 1.82) is 0 Å². The Morgan fingerprint density at radius 3 is 3.14 bits per heavy atom. The highest BCUT2D eigenvalue weighted by Crippen LogP contribution is 2.26. The van der Waals surface area contributed by atoms with Crippen LogP contribution in [0.4, 0.5) is 0 Å². The topological polar surface area (TPSA) is 32.7 Å². The van der Waals surface area contributed by atoms with E-state index in [1.165, 1.54) is 0 Å². The van der Waals surface area contributed by atoms with E-state index in [2.05, 4.69) is 18.8 Å². The van der Waals surface area contributed by atoms with E-state index in [1.54, 1.807) is 11.8 Å². The molecule has 0 bridgehead atoms. The first-order valence-corrected chi connectivity index (χ1v) is 6.16. The Morgan fingerprint density at radius 2 is 2.43 bits per heavy atom. The smallest absolute Gasteiger partial charge is 0.230 e. The number of amidine groups is 1. The minimum atomic E-state index is 0.236. The molecule has 1 unspecified atom stereocenters. The van der Waals surface area contributed by atoms with Gasteiger partial charge in [-0.05, 0) is 12.3 Å². The van der Waals surface area contributed by atoms with Crippen molar-refractivity contribution in [2.24, 2.45) is 10.9 Å². The molecule has 14 heavy (non-hydrogen) atoms. The number of fused-ring (bicyclic) bond motifs is 1. The van der Waals surface area contributed by atoms with E-state index >= 15 is 0 Å². The first-order valence-electron chi connectivity index (χ1n) is 5.18. The number of rotatable bonds is 2. The molecule has 4 heteroatoms. The molecule has 78 valence electrons. The summed E-state index contributed by atoms with van der Waals surface area (Å²) in [6.07, 6.45) is 1.64. The predicted molar refractivity (Wildman–Crippen MR) is 59.5 cm³/mol. The number of aliphatic imine (C=N–C) groups is 1. The van der Waals surface area contributed by atoms with Gasteiger partial charge in [-0.2, -0.15) is 0 Å². The van der Waals surface area contributed by atoms with Gasteiger partial charge in [0.2, 0.25) is 5.91 Å². The van der Waals surface area contributed by atoms with Gasteiger partial charge in [-0.25, -0.2) is 0 Å². The van der Waals surface area contributed by atoms with Gasteiger partial charge in [-0.15, -0.1) is 0 Å². The van der Waals surface area contributed by atoms with Crippen LogP contribution in [0.1, 0.15) is 26.7 Å². The molecule has 0 saturated carbocycles. The SMILES string of the molecule is CC(C)CC1CC(=O)N2CCSC2=N1. The molecular weight excluding hydrogens is 196 g/mol. The second kappa shape index (κ2) is 3.93. The number of carbonyl (C=O) groups is 1. The van der Waals surface area contributed by atoms with Gasteiger partial charge in [0, 0.05) is 18.7 Å². The first kappa shape index (κ1) is 10.0. The zero-order valence-electron chi connectivity index (χ0n) is 8.69. The van der Waals surface area contributed by atoms with Crippen molar-refractivity contribution in [3.8, 4) is 0 Å². The molecule has 2 rings (SSSR count). The Balaban J connectivity index is 2.09. The van der Waals surface area contributed by atoms with E-state index in [4.69, 9.17) is 0 Å². The molecule has 3 nitrogen and oxygen atoms in total. The molecule has 2 aliphatic heterocycles. The van der Waals surface area contributed by atoms with Gasteiger partial charge in [0.05, 0.1) is 6.04 Å². The number of nitrogens with zero attached hydrogens (tertiary/aromatic N) is 2. The van der Waals surface area contributed by atoms with E-state index in [1.807, 2.05) is 4.90 Å². The van der Waals surface area contributed by atoms with E-state index < -0.39 is 0 Å². The lowest BCUT2D eigenvalue weighted by molar-refractivity contribution is -0.127. The minimum absolute atomic E-state index is 0.236. The molecule has 1 fully saturated rings. The molecule has 0 aromatic heterocycles.